The van der Waals surface area contributed by atoms with Crippen molar-refractivity contribution in [2.45, 2.75) is 38.0 Å². The van der Waals surface area contributed by atoms with Crippen molar-refractivity contribution in [3.63, 3.8) is 0 Å². The maximum atomic E-state index is 2.43. The Morgan fingerprint density at radius 1 is 1.20 bits per heavy atom. The van der Waals surface area contributed by atoms with Gasteiger partial charge >= 0.3 is 0 Å². The predicted octanol–water partition coefficient (Wildman–Crippen LogP) is 3.25. The molecule has 1 heteroatoms. The van der Waals surface area contributed by atoms with E-state index in [1.165, 1.54) is 31.4 Å². The highest BCUT2D eigenvalue weighted by Crippen LogP contribution is 2.45. The normalized spacial score (nSPS) is 28.9. The van der Waals surface area contributed by atoms with Gasteiger partial charge in [-0.2, -0.15) is 0 Å². The van der Waals surface area contributed by atoms with Gasteiger partial charge in [-0.05, 0) is 19.8 Å². The Morgan fingerprint density at radius 2 is 2.00 bits per heavy atom. The van der Waals surface area contributed by atoms with Gasteiger partial charge in [0.05, 0.1) is 5.41 Å². The molecule has 0 saturated heterocycles. The average molecular weight is 200 g/mol. The minimum Gasteiger partial charge on any atom is -0.202 e. The highest BCUT2D eigenvalue weighted by Gasteiger charge is 2.48. The van der Waals surface area contributed by atoms with Crippen molar-refractivity contribution in [2.75, 3.05) is 7.05 Å². The number of nitrogens with zero attached hydrogens (tertiary/aromatic N) is 1. The van der Waals surface area contributed by atoms with E-state index >= 15 is 0 Å². The molecule has 15 heavy (non-hydrogen) atoms. The number of rotatable bonds is 0. The second kappa shape index (κ2) is 2.94. The third-order valence-corrected chi connectivity index (χ3v) is 4.24. The second-order valence-corrected chi connectivity index (χ2v) is 5.06. The summed E-state index contributed by atoms with van der Waals surface area (Å²) in [6.45, 7) is 2.42. The first-order chi connectivity index (χ1) is 7.23. The molecule has 1 atom stereocenters. The third kappa shape index (κ3) is 1.06. The zero-order valence-corrected chi connectivity index (χ0v) is 9.59. The van der Waals surface area contributed by atoms with Gasteiger partial charge in [-0.3, -0.25) is 0 Å². The first kappa shape index (κ1) is 9.14. The molecule has 1 aromatic carbocycles. The molecule has 78 valence electrons. The van der Waals surface area contributed by atoms with Crippen LogP contribution in [0.1, 0.15) is 38.2 Å². The molecule has 1 saturated carbocycles. The van der Waals surface area contributed by atoms with Crippen molar-refractivity contribution in [3.8, 4) is 0 Å². The summed E-state index contributed by atoms with van der Waals surface area (Å²) in [7, 11) is 2.23. The standard InChI is InChI=1S/C14H18N/c1-14-10-6-5-9-13(14)15(2)12-8-4-3-7-11(12)14/h3-4,7-8H,5-6,9-10H2,1-2H3/q+1/t14-/m1/s1. The molecule has 1 heterocycles. The zero-order chi connectivity index (χ0) is 10.5. The van der Waals surface area contributed by atoms with E-state index in [1.807, 2.05) is 0 Å². The third-order valence-electron chi connectivity index (χ3n) is 4.24. The van der Waals surface area contributed by atoms with Gasteiger partial charge in [-0.25, -0.2) is 4.58 Å². The number of hydrogen-bond acceptors (Lipinski definition) is 0. The minimum atomic E-state index is 0.337. The lowest BCUT2D eigenvalue weighted by atomic mass is 9.71. The van der Waals surface area contributed by atoms with Crippen LogP contribution in [0.25, 0.3) is 0 Å². The molecule has 0 amide bonds. The Hall–Kier alpha value is -1.11. The lowest BCUT2D eigenvalue weighted by Gasteiger charge is -2.27. The molecule has 2 aliphatic rings. The van der Waals surface area contributed by atoms with Crippen LogP contribution in [0.4, 0.5) is 5.69 Å². The molecule has 1 aliphatic heterocycles. The maximum Gasteiger partial charge on any atom is 0.209 e. The fraction of sp³-hybridized carbons (Fsp3) is 0.500. The zero-order valence-electron chi connectivity index (χ0n) is 9.59. The van der Waals surface area contributed by atoms with E-state index in [9.17, 15) is 0 Å². The molecular formula is C14H18N+. The molecule has 0 radical (unpaired) electrons. The smallest absolute Gasteiger partial charge is 0.202 e. The average Bonchev–Trinajstić information content (AvgIpc) is 2.50. The summed E-state index contributed by atoms with van der Waals surface area (Å²) >= 11 is 0. The minimum absolute atomic E-state index is 0.337. The van der Waals surface area contributed by atoms with Crippen molar-refractivity contribution >= 4 is 11.4 Å². The number of fused-ring (bicyclic) bond motifs is 3. The fourth-order valence-electron chi connectivity index (χ4n) is 3.40. The molecule has 3 rings (SSSR count). The lowest BCUT2D eigenvalue weighted by molar-refractivity contribution is -0.404. The molecule has 0 unspecified atom stereocenters. The summed E-state index contributed by atoms with van der Waals surface area (Å²) in [6, 6.07) is 8.89. The first-order valence-corrected chi connectivity index (χ1v) is 5.93. The summed E-state index contributed by atoms with van der Waals surface area (Å²) < 4.78 is 2.43. The summed E-state index contributed by atoms with van der Waals surface area (Å²) in [6.07, 6.45) is 5.34. The first-order valence-electron chi connectivity index (χ1n) is 5.93. The Labute approximate surface area is 91.4 Å². The van der Waals surface area contributed by atoms with E-state index in [0.29, 0.717) is 5.41 Å². The molecule has 0 N–H and O–H groups in total. The topological polar surface area (TPSA) is 3.01 Å². The van der Waals surface area contributed by atoms with Gasteiger partial charge in [0.25, 0.3) is 0 Å². The van der Waals surface area contributed by atoms with Gasteiger partial charge in [0.1, 0.15) is 7.05 Å². The predicted molar refractivity (Wildman–Crippen MR) is 63.1 cm³/mol. The number of benzene rings is 1. The van der Waals surface area contributed by atoms with Crippen LogP contribution in [0.3, 0.4) is 0 Å². The van der Waals surface area contributed by atoms with Crippen LogP contribution in [0.5, 0.6) is 0 Å². The highest BCUT2D eigenvalue weighted by molar-refractivity contribution is 5.95. The van der Waals surface area contributed by atoms with E-state index in [2.05, 4.69) is 42.8 Å². The lowest BCUT2D eigenvalue weighted by Crippen LogP contribution is -2.34. The van der Waals surface area contributed by atoms with Crippen molar-refractivity contribution in [1.82, 2.24) is 0 Å². The van der Waals surface area contributed by atoms with Crippen molar-refractivity contribution in [3.05, 3.63) is 29.8 Å². The van der Waals surface area contributed by atoms with Crippen molar-refractivity contribution < 1.29 is 4.58 Å². The van der Waals surface area contributed by atoms with Crippen LogP contribution >= 0.6 is 0 Å². The molecular weight excluding hydrogens is 182 g/mol. The van der Waals surface area contributed by atoms with E-state index < -0.39 is 0 Å². The number of para-hydroxylation sites is 1. The van der Waals surface area contributed by atoms with Gasteiger partial charge in [0, 0.05) is 18.1 Å². The summed E-state index contributed by atoms with van der Waals surface area (Å²) in [5.74, 6) is 0. The van der Waals surface area contributed by atoms with Crippen LogP contribution in [-0.2, 0) is 5.41 Å². The molecule has 1 aromatic rings. The molecule has 0 spiro atoms. The Morgan fingerprint density at radius 3 is 2.87 bits per heavy atom. The molecule has 0 aromatic heterocycles. The van der Waals surface area contributed by atoms with Crippen LogP contribution in [-0.4, -0.2) is 17.3 Å². The van der Waals surface area contributed by atoms with E-state index in [0.717, 1.165) is 0 Å². The van der Waals surface area contributed by atoms with Crippen molar-refractivity contribution in [2.24, 2.45) is 0 Å². The van der Waals surface area contributed by atoms with Crippen molar-refractivity contribution in [1.29, 1.82) is 0 Å². The molecule has 1 nitrogen and oxygen atoms in total. The molecule has 1 aliphatic carbocycles. The Kier molecular flexibility index (Phi) is 1.79. The van der Waals surface area contributed by atoms with Crippen LogP contribution in [0, 0.1) is 0 Å². The second-order valence-electron chi connectivity index (χ2n) is 5.06. The SMILES string of the molecule is C[N+]1=C2CCCC[C@]2(C)c2ccccc21. The summed E-state index contributed by atoms with van der Waals surface area (Å²) in [5.41, 5.74) is 4.94. The van der Waals surface area contributed by atoms with Crippen LogP contribution in [0.2, 0.25) is 0 Å². The largest absolute Gasteiger partial charge is 0.209 e. The van der Waals surface area contributed by atoms with Crippen LogP contribution < -0.4 is 0 Å². The molecule has 1 fully saturated rings. The van der Waals surface area contributed by atoms with Gasteiger partial charge in [-0.15, -0.1) is 0 Å². The highest BCUT2D eigenvalue weighted by atomic mass is 15.0. The van der Waals surface area contributed by atoms with Gasteiger partial charge in [-0.1, -0.05) is 24.6 Å². The number of hydrogen-bond donors (Lipinski definition) is 0. The quantitative estimate of drug-likeness (QED) is 0.566. The monoisotopic (exact) mass is 200 g/mol. The van der Waals surface area contributed by atoms with E-state index in [1.54, 1.807) is 11.3 Å². The van der Waals surface area contributed by atoms with Gasteiger partial charge in [0.2, 0.25) is 5.69 Å². The van der Waals surface area contributed by atoms with Crippen LogP contribution in [0.15, 0.2) is 24.3 Å². The Balaban J connectivity index is 2.25. The summed E-state index contributed by atoms with van der Waals surface area (Å²) in [5, 5.41) is 0. The van der Waals surface area contributed by atoms with Gasteiger partial charge < -0.3 is 0 Å². The van der Waals surface area contributed by atoms with E-state index in [4.69, 9.17) is 0 Å². The van der Waals surface area contributed by atoms with Gasteiger partial charge in [0.15, 0.2) is 5.71 Å². The summed E-state index contributed by atoms with van der Waals surface area (Å²) in [4.78, 5) is 0. The Bertz CT molecular complexity index is 444. The van der Waals surface area contributed by atoms with E-state index in [-0.39, 0.29) is 0 Å². The fourth-order valence-corrected chi connectivity index (χ4v) is 3.40. The maximum absolute atomic E-state index is 2.43. The molecule has 0 bridgehead atoms.